The molecule has 4 rings (SSSR count). The number of nitrogens with one attached hydrogen (secondary N) is 1. The van der Waals surface area contributed by atoms with Gasteiger partial charge in [-0.15, -0.1) is 0 Å². The third-order valence-corrected chi connectivity index (χ3v) is 7.31. The summed E-state index contributed by atoms with van der Waals surface area (Å²) in [6, 6.07) is 14.3. The lowest BCUT2D eigenvalue weighted by atomic mass is 9.66. The molecule has 1 aliphatic heterocycles. The number of hydrogen-bond acceptors (Lipinski definition) is 3. The van der Waals surface area contributed by atoms with Gasteiger partial charge in [0.1, 0.15) is 24.1 Å². The molecule has 1 aliphatic carbocycles. The lowest BCUT2D eigenvalue weighted by molar-refractivity contribution is -0.958. The van der Waals surface area contributed by atoms with Crippen LogP contribution in [0.3, 0.4) is 0 Å². The molecule has 29 heavy (non-hydrogen) atoms. The Kier molecular flexibility index (Phi) is 6.05. The Balaban J connectivity index is 1.76. The summed E-state index contributed by atoms with van der Waals surface area (Å²) in [7, 11) is 3.38. The number of benzene rings is 2. The van der Waals surface area contributed by atoms with Crippen LogP contribution in [-0.2, 0) is 6.54 Å². The highest BCUT2D eigenvalue weighted by atomic mass is 35.5. The smallest absolute Gasteiger partial charge is 0.131 e. The number of piperidine rings is 1. The Labute approximate surface area is 178 Å². The van der Waals surface area contributed by atoms with Crippen molar-refractivity contribution < 1.29 is 19.5 Å². The van der Waals surface area contributed by atoms with Crippen molar-refractivity contribution in [1.82, 2.24) is 0 Å². The molecule has 2 aliphatic rings. The molecule has 1 saturated carbocycles. The fraction of sp³-hybridized carbons (Fsp3) is 0.500. The Bertz CT molecular complexity index is 858. The van der Waals surface area contributed by atoms with E-state index >= 15 is 0 Å². The summed E-state index contributed by atoms with van der Waals surface area (Å²) in [4.78, 5) is 1.44. The Hall–Kier alpha value is -1.75. The molecule has 0 aromatic heterocycles. The van der Waals surface area contributed by atoms with Crippen LogP contribution in [-0.4, -0.2) is 31.5 Å². The zero-order valence-corrected chi connectivity index (χ0v) is 18.0. The second-order valence-corrected chi connectivity index (χ2v) is 8.88. The van der Waals surface area contributed by atoms with Crippen LogP contribution >= 0.6 is 11.6 Å². The van der Waals surface area contributed by atoms with Crippen LogP contribution < -0.4 is 14.4 Å². The molecule has 4 atom stereocenters. The average molecular weight is 417 g/mol. The molecule has 0 amide bonds. The van der Waals surface area contributed by atoms with Crippen LogP contribution in [0.1, 0.15) is 49.3 Å². The van der Waals surface area contributed by atoms with Crippen LogP contribution in [0.5, 0.6) is 11.5 Å². The zero-order valence-electron chi connectivity index (χ0n) is 17.3. The van der Waals surface area contributed by atoms with E-state index in [1.54, 1.807) is 14.2 Å². The van der Waals surface area contributed by atoms with E-state index in [1.165, 1.54) is 11.3 Å². The number of rotatable bonds is 5. The second-order valence-electron chi connectivity index (χ2n) is 8.47. The highest BCUT2D eigenvalue weighted by Gasteiger charge is 2.52. The monoisotopic (exact) mass is 416 g/mol. The van der Waals surface area contributed by atoms with E-state index in [9.17, 15) is 5.11 Å². The van der Waals surface area contributed by atoms with Crippen molar-refractivity contribution >= 4 is 11.6 Å². The van der Waals surface area contributed by atoms with Gasteiger partial charge in [0, 0.05) is 29.0 Å². The number of fused-ring (bicyclic) bond motifs is 1. The minimum Gasteiger partial charge on any atom is -0.497 e. The molecule has 1 saturated heterocycles. The van der Waals surface area contributed by atoms with Crippen LogP contribution in [0.2, 0.25) is 5.02 Å². The van der Waals surface area contributed by atoms with Crippen molar-refractivity contribution in [1.29, 1.82) is 0 Å². The number of hydrogen-bond donors (Lipinski definition) is 2. The van der Waals surface area contributed by atoms with E-state index in [-0.39, 0.29) is 12.0 Å². The topological polar surface area (TPSA) is 43.1 Å². The van der Waals surface area contributed by atoms with Gasteiger partial charge in [0.25, 0.3) is 0 Å². The number of methoxy groups -OCH3 is 2. The minimum absolute atomic E-state index is 0.158. The van der Waals surface area contributed by atoms with Crippen molar-refractivity contribution in [2.45, 2.75) is 50.3 Å². The second kappa shape index (κ2) is 8.55. The van der Waals surface area contributed by atoms with Gasteiger partial charge >= 0.3 is 0 Å². The van der Waals surface area contributed by atoms with Crippen LogP contribution in [0.15, 0.2) is 42.5 Å². The fourth-order valence-electron chi connectivity index (χ4n) is 5.45. The van der Waals surface area contributed by atoms with E-state index in [0.717, 1.165) is 66.4 Å². The van der Waals surface area contributed by atoms with Crippen LogP contribution in [0.25, 0.3) is 0 Å². The quantitative estimate of drug-likeness (QED) is 0.778. The van der Waals surface area contributed by atoms with Crippen molar-refractivity contribution in [3.05, 3.63) is 58.6 Å². The highest BCUT2D eigenvalue weighted by molar-refractivity contribution is 6.31. The van der Waals surface area contributed by atoms with Crippen LogP contribution in [0, 0.1) is 5.92 Å². The summed E-state index contributed by atoms with van der Waals surface area (Å²) in [6.07, 6.45) is 5.06. The number of likely N-dealkylation sites (tertiary alicyclic amines) is 1. The molecule has 156 valence electrons. The molecule has 0 bridgehead atoms. The summed E-state index contributed by atoms with van der Waals surface area (Å²) in [6.45, 7) is 1.75. The molecule has 5 heteroatoms. The van der Waals surface area contributed by atoms with E-state index in [2.05, 4.69) is 12.1 Å². The van der Waals surface area contributed by atoms with Gasteiger partial charge in [0.15, 0.2) is 0 Å². The Morgan fingerprint density at radius 2 is 1.93 bits per heavy atom. The Morgan fingerprint density at radius 3 is 2.69 bits per heavy atom. The van der Waals surface area contributed by atoms with Gasteiger partial charge in [0.05, 0.1) is 31.9 Å². The zero-order chi connectivity index (χ0) is 20.4. The van der Waals surface area contributed by atoms with Gasteiger partial charge in [-0.3, -0.25) is 0 Å². The summed E-state index contributed by atoms with van der Waals surface area (Å²) in [5.74, 6) is 1.83. The number of halogens is 1. The highest BCUT2D eigenvalue weighted by Crippen LogP contribution is 2.46. The van der Waals surface area contributed by atoms with Crippen molar-refractivity contribution in [3.8, 4) is 11.5 Å². The molecular formula is C24H31ClNO3+. The predicted molar refractivity (Wildman–Crippen MR) is 115 cm³/mol. The van der Waals surface area contributed by atoms with Gasteiger partial charge in [0.2, 0.25) is 0 Å². The molecule has 1 unspecified atom stereocenters. The fourth-order valence-corrected chi connectivity index (χ4v) is 5.65. The lowest BCUT2D eigenvalue weighted by Gasteiger charge is -2.50. The Morgan fingerprint density at radius 1 is 1.10 bits per heavy atom. The number of aliphatic hydroxyl groups is 1. The summed E-state index contributed by atoms with van der Waals surface area (Å²) < 4.78 is 11.2. The molecule has 2 aromatic carbocycles. The number of quaternary nitrogens is 1. The van der Waals surface area contributed by atoms with Crippen molar-refractivity contribution in [3.63, 3.8) is 0 Å². The first-order valence-electron chi connectivity index (χ1n) is 10.6. The lowest BCUT2D eigenvalue weighted by Crippen LogP contribution is -3.13. The summed E-state index contributed by atoms with van der Waals surface area (Å²) >= 11 is 6.50. The first-order valence-corrected chi connectivity index (χ1v) is 11.0. The molecule has 2 aromatic rings. The van der Waals surface area contributed by atoms with E-state index < -0.39 is 5.60 Å². The predicted octanol–water partition coefficient (Wildman–Crippen LogP) is 3.81. The normalized spacial score (nSPS) is 29.2. The summed E-state index contributed by atoms with van der Waals surface area (Å²) in [5.41, 5.74) is 1.72. The van der Waals surface area contributed by atoms with Gasteiger partial charge in [-0.1, -0.05) is 42.6 Å². The maximum atomic E-state index is 11.5. The maximum absolute atomic E-state index is 11.5. The van der Waals surface area contributed by atoms with E-state index in [0.29, 0.717) is 0 Å². The van der Waals surface area contributed by atoms with Gasteiger partial charge in [-0.05, 0) is 31.0 Å². The third kappa shape index (κ3) is 3.98. The third-order valence-electron chi connectivity index (χ3n) is 6.94. The van der Waals surface area contributed by atoms with Crippen molar-refractivity contribution in [2.24, 2.45) is 5.92 Å². The van der Waals surface area contributed by atoms with Gasteiger partial charge in [-0.2, -0.15) is 0 Å². The van der Waals surface area contributed by atoms with Gasteiger partial charge in [-0.25, -0.2) is 0 Å². The molecule has 4 nitrogen and oxygen atoms in total. The van der Waals surface area contributed by atoms with E-state index in [4.69, 9.17) is 21.1 Å². The number of ether oxygens (including phenoxy) is 2. The van der Waals surface area contributed by atoms with Gasteiger partial charge < -0.3 is 19.5 Å². The first kappa shape index (κ1) is 20.5. The largest absolute Gasteiger partial charge is 0.497 e. The molecule has 1 heterocycles. The standard InChI is InChI=1S/C24H30ClNO3/c1-28-18-10-11-19(22(15-18)29-2)23-20-8-5-6-12-24(20,27)13-14-26(23)16-17-7-3-4-9-21(17)25/h3-4,7,9-11,15,20,23,27H,5-6,8,12-14,16H2,1-2H3/p+1/t20-,23+,24+/m1/s1. The maximum Gasteiger partial charge on any atom is 0.131 e. The summed E-state index contributed by atoms with van der Waals surface area (Å²) in [5, 5.41) is 12.3. The minimum atomic E-state index is -0.585. The van der Waals surface area contributed by atoms with Crippen molar-refractivity contribution in [2.75, 3.05) is 20.8 Å². The molecule has 0 spiro atoms. The average Bonchev–Trinajstić information content (AvgIpc) is 2.75. The SMILES string of the molecule is COc1ccc([C@H]2[C@H]3CCCC[C@]3(O)CC[NH+]2Cc2ccccc2Cl)c(OC)c1. The molecule has 2 fully saturated rings. The van der Waals surface area contributed by atoms with E-state index in [1.807, 2.05) is 30.3 Å². The first-order chi connectivity index (χ1) is 14.1. The van der Waals surface area contributed by atoms with Crippen LogP contribution in [0.4, 0.5) is 0 Å². The molecule has 0 radical (unpaired) electrons. The molecule has 2 N–H and O–H groups in total. The molecular weight excluding hydrogens is 386 g/mol.